The van der Waals surface area contributed by atoms with Gasteiger partial charge in [0.2, 0.25) is 5.91 Å². The Morgan fingerprint density at radius 2 is 2.15 bits per heavy atom. The molecule has 0 atom stereocenters. The van der Waals surface area contributed by atoms with Crippen LogP contribution >= 0.6 is 23.1 Å². The van der Waals surface area contributed by atoms with Gasteiger partial charge >= 0.3 is 0 Å². The molecule has 0 fully saturated rings. The Bertz CT molecular complexity index is 1210. The van der Waals surface area contributed by atoms with Crippen LogP contribution in [0.4, 0.5) is 9.39 Å². The summed E-state index contributed by atoms with van der Waals surface area (Å²) in [5.74, 6) is -0.612. The topological polar surface area (TPSA) is 112 Å². The van der Waals surface area contributed by atoms with Crippen LogP contribution in [0.15, 0.2) is 42.1 Å². The quantitative estimate of drug-likeness (QED) is 0.334. The van der Waals surface area contributed by atoms with Gasteiger partial charge in [0.15, 0.2) is 22.5 Å². The van der Waals surface area contributed by atoms with Crippen LogP contribution in [0.3, 0.4) is 0 Å². The number of aryl methyl sites for hydroxylation is 1. The van der Waals surface area contributed by atoms with Gasteiger partial charge < -0.3 is 15.8 Å². The van der Waals surface area contributed by atoms with Crippen molar-refractivity contribution in [3.8, 4) is 5.75 Å². The van der Waals surface area contributed by atoms with E-state index < -0.39 is 11.7 Å². The van der Waals surface area contributed by atoms with Gasteiger partial charge in [-0.3, -0.25) is 14.2 Å². The minimum atomic E-state index is -0.525. The highest BCUT2D eigenvalue weighted by molar-refractivity contribution is 7.99. The van der Waals surface area contributed by atoms with Crippen LogP contribution in [-0.4, -0.2) is 32.3 Å². The molecule has 2 aromatic heterocycles. The Balaban J connectivity index is 1.41. The number of thioether (sulfide) groups is 1. The fourth-order valence-corrected chi connectivity index (χ4v) is 5.67. The Morgan fingerprint density at radius 1 is 1.33 bits per heavy atom. The molecule has 0 unspecified atom stereocenters. The van der Waals surface area contributed by atoms with E-state index in [4.69, 9.17) is 10.5 Å². The smallest absolute Gasteiger partial charge is 0.251 e. The monoisotopic (exact) mass is 487 g/mol. The molecule has 11 heteroatoms. The van der Waals surface area contributed by atoms with Crippen LogP contribution in [0.5, 0.6) is 5.75 Å². The fourth-order valence-electron chi connectivity index (χ4n) is 3.59. The van der Waals surface area contributed by atoms with Crippen LogP contribution in [-0.2, 0) is 30.8 Å². The zero-order valence-electron chi connectivity index (χ0n) is 17.7. The maximum absolute atomic E-state index is 13.8. The largest absolute Gasteiger partial charge is 0.483 e. The van der Waals surface area contributed by atoms with Crippen molar-refractivity contribution in [2.24, 2.45) is 5.73 Å². The molecule has 172 valence electrons. The summed E-state index contributed by atoms with van der Waals surface area (Å²) in [6, 6.07) is 6.11. The summed E-state index contributed by atoms with van der Waals surface area (Å²) in [6.07, 6.45) is 4.37. The lowest BCUT2D eigenvalue weighted by Gasteiger charge is -2.10. The van der Waals surface area contributed by atoms with E-state index in [-0.39, 0.29) is 24.0 Å². The van der Waals surface area contributed by atoms with Crippen molar-refractivity contribution in [1.29, 1.82) is 0 Å². The van der Waals surface area contributed by atoms with E-state index in [1.807, 2.05) is 0 Å². The standard InChI is InChI=1S/C22H22FN5O3S2/c1-2-10-28-17(11-31-15-8-4-3-7-14(15)23)26-27-22(28)32-12-18(29)25-21-19(20(24)30)13-6-5-9-16(13)33-21/h2-4,7-8H,1,5-6,9-12H2,(H2,24,30)(H,25,29). The molecular weight excluding hydrogens is 465 g/mol. The van der Waals surface area contributed by atoms with Gasteiger partial charge in [-0.1, -0.05) is 30.0 Å². The first-order valence-corrected chi connectivity index (χ1v) is 12.1. The van der Waals surface area contributed by atoms with Crippen molar-refractivity contribution in [3.05, 3.63) is 64.6 Å². The molecule has 0 radical (unpaired) electrons. The number of ether oxygens (including phenoxy) is 1. The van der Waals surface area contributed by atoms with Gasteiger partial charge in [0, 0.05) is 11.4 Å². The van der Waals surface area contributed by atoms with E-state index in [0.717, 1.165) is 29.7 Å². The van der Waals surface area contributed by atoms with Crippen molar-refractivity contribution in [3.63, 3.8) is 0 Å². The third-order valence-electron chi connectivity index (χ3n) is 5.05. The molecule has 0 saturated carbocycles. The van der Waals surface area contributed by atoms with E-state index in [9.17, 15) is 14.0 Å². The number of halogens is 1. The molecule has 1 aliphatic carbocycles. The van der Waals surface area contributed by atoms with Gasteiger partial charge in [0.1, 0.15) is 11.6 Å². The maximum atomic E-state index is 13.8. The Kier molecular flexibility index (Phi) is 7.09. The predicted molar refractivity (Wildman–Crippen MR) is 125 cm³/mol. The van der Waals surface area contributed by atoms with Gasteiger partial charge in [0.05, 0.1) is 11.3 Å². The lowest BCUT2D eigenvalue weighted by atomic mass is 10.1. The molecule has 3 aromatic rings. The van der Waals surface area contributed by atoms with E-state index in [1.54, 1.807) is 22.8 Å². The van der Waals surface area contributed by atoms with Crippen molar-refractivity contribution in [2.75, 3.05) is 11.1 Å². The predicted octanol–water partition coefficient (Wildman–Crippen LogP) is 3.56. The molecule has 1 aromatic carbocycles. The van der Waals surface area contributed by atoms with Crippen LogP contribution in [0, 0.1) is 5.82 Å². The third-order valence-corrected chi connectivity index (χ3v) is 7.23. The highest BCUT2D eigenvalue weighted by atomic mass is 32.2. The number of nitrogens with two attached hydrogens (primary N) is 1. The summed E-state index contributed by atoms with van der Waals surface area (Å²) in [4.78, 5) is 25.6. The number of nitrogens with one attached hydrogen (secondary N) is 1. The summed E-state index contributed by atoms with van der Waals surface area (Å²) in [7, 11) is 0. The van der Waals surface area contributed by atoms with Crippen molar-refractivity contribution >= 4 is 39.9 Å². The first-order valence-electron chi connectivity index (χ1n) is 10.2. The molecule has 8 nitrogen and oxygen atoms in total. The number of fused-ring (bicyclic) bond motifs is 1. The Labute approximate surface area is 198 Å². The number of aromatic nitrogens is 3. The van der Waals surface area contributed by atoms with Gasteiger partial charge in [0.25, 0.3) is 5.91 Å². The van der Waals surface area contributed by atoms with Crippen LogP contribution in [0.25, 0.3) is 0 Å². The Morgan fingerprint density at radius 3 is 2.91 bits per heavy atom. The number of thiophene rings is 1. The fraction of sp³-hybridized carbons (Fsp3) is 0.273. The number of rotatable bonds is 10. The minimum absolute atomic E-state index is 0.0112. The summed E-state index contributed by atoms with van der Waals surface area (Å²) in [6.45, 7) is 4.15. The number of nitrogens with zero attached hydrogens (tertiary/aromatic N) is 3. The van der Waals surface area contributed by atoms with E-state index >= 15 is 0 Å². The van der Waals surface area contributed by atoms with Gasteiger partial charge in [-0.25, -0.2) is 4.39 Å². The number of anilines is 1. The number of hydrogen-bond donors (Lipinski definition) is 2. The van der Waals surface area contributed by atoms with Crippen molar-refractivity contribution < 1.29 is 18.7 Å². The molecule has 2 heterocycles. The molecule has 0 aliphatic heterocycles. The highest BCUT2D eigenvalue weighted by Gasteiger charge is 2.26. The normalized spacial score (nSPS) is 12.4. The number of allylic oxidation sites excluding steroid dienone is 1. The number of carbonyl (C=O) groups excluding carboxylic acids is 2. The second kappa shape index (κ2) is 10.2. The lowest BCUT2D eigenvalue weighted by molar-refractivity contribution is -0.113. The SMILES string of the molecule is C=CCn1c(COc2ccccc2F)nnc1SCC(=O)Nc1sc2c(c1C(N)=O)CCC2. The number of primary amides is 1. The summed E-state index contributed by atoms with van der Waals surface area (Å²) < 4.78 is 21.1. The summed E-state index contributed by atoms with van der Waals surface area (Å²) >= 11 is 2.61. The van der Waals surface area contributed by atoms with E-state index in [0.29, 0.717) is 28.1 Å². The third kappa shape index (κ3) is 5.09. The van der Waals surface area contributed by atoms with Crippen molar-refractivity contribution in [1.82, 2.24) is 14.8 Å². The molecule has 2 amide bonds. The minimum Gasteiger partial charge on any atom is -0.483 e. The van der Waals surface area contributed by atoms with Gasteiger partial charge in [-0.2, -0.15) is 0 Å². The molecule has 3 N–H and O–H groups in total. The molecule has 0 bridgehead atoms. The Hall–Kier alpha value is -3.18. The van der Waals surface area contributed by atoms with Gasteiger partial charge in [-0.05, 0) is 37.0 Å². The second-order valence-corrected chi connectivity index (χ2v) is 9.33. The summed E-state index contributed by atoms with van der Waals surface area (Å²) in [5.41, 5.74) is 6.94. The number of amides is 2. The molecule has 1 aliphatic rings. The number of para-hydroxylation sites is 1. The first-order chi connectivity index (χ1) is 16.0. The molecule has 33 heavy (non-hydrogen) atoms. The van der Waals surface area contributed by atoms with Crippen LogP contribution in [0.2, 0.25) is 0 Å². The van der Waals surface area contributed by atoms with Crippen molar-refractivity contribution in [2.45, 2.75) is 37.6 Å². The van der Waals surface area contributed by atoms with E-state index in [2.05, 4.69) is 22.1 Å². The maximum Gasteiger partial charge on any atom is 0.251 e. The lowest BCUT2D eigenvalue weighted by Crippen LogP contribution is -2.19. The number of carbonyl (C=O) groups is 2. The number of benzene rings is 1. The van der Waals surface area contributed by atoms with Crippen LogP contribution in [0.1, 0.15) is 33.0 Å². The van der Waals surface area contributed by atoms with Gasteiger partial charge in [-0.15, -0.1) is 28.1 Å². The zero-order chi connectivity index (χ0) is 23.4. The molecule has 4 rings (SSSR count). The average molecular weight is 488 g/mol. The molecule has 0 saturated heterocycles. The first kappa shape index (κ1) is 23.0. The molecule has 0 spiro atoms. The number of hydrogen-bond acceptors (Lipinski definition) is 7. The second-order valence-electron chi connectivity index (χ2n) is 7.28. The highest BCUT2D eigenvalue weighted by Crippen LogP contribution is 2.39. The van der Waals surface area contributed by atoms with Crippen LogP contribution < -0.4 is 15.8 Å². The van der Waals surface area contributed by atoms with E-state index in [1.165, 1.54) is 35.2 Å². The summed E-state index contributed by atoms with van der Waals surface area (Å²) in [5, 5.41) is 12.1. The molecular formula is C22H22FN5O3S2. The zero-order valence-corrected chi connectivity index (χ0v) is 19.3. The average Bonchev–Trinajstić information content (AvgIpc) is 3.47.